The minimum absolute atomic E-state index is 0.127. The number of pyridine rings is 1. The lowest BCUT2D eigenvalue weighted by Crippen LogP contribution is -2.27. The van der Waals surface area contributed by atoms with Crippen LogP contribution in [0, 0.1) is 6.92 Å². The number of hydrogen-bond acceptors (Lipinski definition) is 3. The quantitative estimate of drug-likeness (QED) is 0.914. The summed E-state index contributed by atoms with van der Waals surface area (Å²) in [5.41, 5.74) is 8.78. The van der Waals surface area contributed by atoms with E-state index < -0.39 is 0 Å². The standard InChI is InChI=1S/C15H17N3O/c1-11-5-3-4-6-14(11)18(2)15(19)13-8-7-12(9-16)10-17-13/h3-8,10H,9,16H2,1-2H3. The average molecular weight is 255 g/mol. The summed E-state index contributed by atoms with van der Waals surface area (Å²) in [4.78, 5) is 18.1. The predicted octanol–water partition coefficient (Wildman–Crippen LogP) is 2.13. The van der Waals surface area contributed by atoms with Crippen molar-refractivity contribution in [2.45, 2.75) is 13.5 Å². The van der Waals surface area contributed by atoms with E-state index in [1.165, 1.54) is 0 Å². The first kappa shape index (κ1) is 13.2. The van der Waals surface area contributed by atoms with Crippen LogP contribution in [0.15, 0.2) is 42.6 Å². The van der Waals surface area contributed by atoms with E-state index in [1.807, 2.05) is 37.3 Å². The fraction of sp³-hybridized carbons (Fsp3) is 0.200. The van der Waals surface area contributed by atoms with Crippen molar-refractivity contribution >= 4 is 11.6 Å². The molecule has 2 aromatic rings. The third kappa shape index (κ3) is 2.80. The smallest absolute Gasteiger partial charge is 0.276 e. The van der Waals surface area contributed by atoms with Gasteiger partial charge in [0.25, 0.3) is 5.91 Å². The van der Waals surface area contributed by atoms with Gasteiger partial charge in [0.2, 0.25) is 0 Å². The monoisotopic (exact) mass is 255 g/mol. The van der Waals surface area contributed by atoms with Crippen molar-refractivity contribution in [2.75, 3.05) is 11.9 Å². The first-order valence-electron chi connectivity index (χ1n) is 6.12. The third-order valence-corrected chi connectivity index (χ3v) is 3.06. The number of nitrogens with zero attached hydrogens (tertiary/aromatic N) is 2. The Balaban J connectivity index is 2.26. The van der Waals surface area contributed by atoms with Crippen molar-refractivity contribution in [3.63, 3.8) is 0 Å². The maximum atomic E-state index is 12.3. The number of para-hydroxylation sites is 1. The molecule has 2 rings (SSSR count). The fourth-order valence-corrected chi connectivity index (χ4v) is 1.89. The molecule has 1 amide bonds. The second kappa shape index (κ2) is 5.63. The second-order valence-electron chi connectivity index (χ2n) is 4.41. The number of carbonyl (C=O) groups is 1. The zero-order chi connectivity index (χ0) is 13.8. The van der Waals surface area contributed by atoms with E-state index in [4.69, 9.17) is 5.73 Å². The molecule has 98 valence electrons. The van der Waals surface area contributed by atoms with E-state index in [9.17, 15) is 4.79 Å². The van der Waals surface area contributed by atoms with E-state index in [-0.39, 0.29) is 5.91 Å². The van der Waals surface area contributed by atoms with Crippen LogP contribution in [0.3, 0.4) is 0 Å². The van der Waals surface area contributed by atoms with Crippen LogP contribution in [0.4, 0.5) is 5.69 Å². The molecule has 1 aromatic carbocycles. The molecule has 0 bridgehead atoms. The molecule has 0 aliphatic heterocycles. The molecule has 2 N–H and O–H groups in total. The van der Waals surface area contributed by atoms with E-state index in [0.29, 0.717) is 12.2 Å². The molecule has 0 atom stereocenters. The summed E-state index contributed by atoms with van der Waals surface area (Å²) >= 11 is 0. The topological polar surface area (TPSA) is 59.2 Å². The second-order valence-corrected chi connectivity index (χ2v) is 4.41. The summed E-state index contributed by atoms with van der Waals surface area (Å²) in [5.74, 6) is -0.127. The Bertz CT molecular complexity index is 578. The van der Waals surface area contributed by atoms with E-state index >= 15 is 0 Å². The van der Waals surface area contributed by atoms with Crippen LogP contribution in [0.5, 0.6) is 0 Å². The van der Waals surface area contributed by atoms with Gasteiger partial charge in [-0.2, -0.15) is 0 Å². The Kier molecular flexibility index (Phi) is 3.92. The van der Waals surface area contributed by atoms with E-state index in [1.54, 1.807) is 24.2 Å². The van der Waals surface area contributed by atoms with Crippen molar-refractivity contribution in [2.24, 2.45) is 5.73 Å². The number of benzene rings is 1. The largest absolute Gasteiger partial charge is 0.326 e. The molecule has 0 saturated carbocycles. The lowest BCUT2D eigenvalue weighted by atomic mass is 10.1. The summed E-state index contributed by atoms with van der Waals surface area (Å²) in [6.45, 7) is 2.40. The van der Waals surface area contributed by atoms with Crippen LogP contribution in [0.25, 0.3) is 0 Å². The van der Waals surface area contributed by atoms with Crippen molar-refractivity contribution < 1.29 is 4.79 Å². The molecule has 0 radical (unpaired) electrons. The highest BCUT2D eigenvalue weighted by atomic mass is 16.2. The highest BCUT2D eigenvalue weighted by molar-refractivity contribution is 6.04. The summed E-state index contributed by atoms with van der Waals surface area (Å²) in [6.07, 6.45) is 1.64. The summed E-state index contributed by atoms with van der Waals surface area (Å²) < 4.78 is 0. The Morgan fingerprint density at radius 3 is 2.58 bits per heavy atom. The van der Waals surface area contributed by atoms with Crippen LogP contribution in [0.2, 0.25) is 0 Å². The van der Waals surface area contributed by atoms with Gasteiger partial charge in [0.05, 0.1) is 0 Å². The predicted molar refractivity (Wildman–Crippen MR) is 76.0 cm³/mol. The Hall–Kier alpha value is -2.20. The van der Waals surface area contributed by atoms with Crippen molar-refractivity contribution in [1.29, 1.82) is 0 Å². The van der Waals surface area contributed by atoms with Gasteiger partial charge in [0.15, 0.2) is 0 Å². The number of aryl methyl sites for hydroxylation is 1. The van der Waals surface area contributed by atoms with E-state index in [2.05, 4.69) is 4.98 Å². The lowest BCUT2D eigenvalue weighted by Gasteiger charge is -2.19. The Morgan fingerprint density at radius 1 is 1.26 bits per heavy atom. The molecule has 0 fully saturated rings. The maximum Gasteiger partial charge on any atom is 0.276 e. The number of anilines is 1. The summed E-state index contributed by atoms with van der Waals surface area (Å²) in [7, 11) is 1.75. The molecule has 4 nitrogen and oxygen atoms in total. The molecule has 19 heavy (non-hydrogen) atoms. The van der Waals surface area contributed by atoms with Crippen molar-refractivity contribution in [3.05, 3.63) is 59.4 Å². The van der Waals surface area contributed by atoms with Crippen molar-refractivity contribution in [3.8, 4) is 0 Å². The highest BCUT2D eigenvalue weighted by Crippen LogP contribution is 2.19. The van der Waals surface area contributed by atoms with Gasteiger partial charge < -0.3 is 10.6 Å². The number of carbonyl (C=O) groups excluding carboxylic acids is 1. The maximum absolute atomic E-state index is 12.3. The van der Waals surface area contributed by atoms with Gasteiger partial charge in [-0.15, -0.1) is 0 Å². The molecule has 0 unspecified atom stereocenters. The van der Waals surface area contributed by atoms with Gasteiger partial charge in [-0.25, -0.2) is 0 Å². The number of aromatic nitrogens is 1. The van der Waals surface area contributed by atoms with Crippen molar-refractivity contribution in [1.82, 2.24) is 4.98 Å². The molecular weight excluding hydrogens is 238 g/mol. The van der Waals surface area contributed by atoms with Gasteiger partial charge in [0, 0.05) is 25.5 Å². The minimum atomic E-state index is -0.127. The first-order valence-corrected chi connectivity index (χ1v) is 6.12. The van der Waals surface area contributed by atoms with Crippen LogP contribution in [0.1, 0.15) is 21.6 Å². The molecule has 0 saturated heterocycles. The molecule has 4 heteroatoms. The van der Waals surface area contributed by atoms with Gasteiger partial charge in [-0.05, 0) is 30.2 Å². The summed E-state index contributed by atoms with van der Waals surface area (Å²) in [5, 5.41) is 0. The van der Waals surface area contributed by atoms with Gasteiger partial charge in [0.1, 0.15) is 5.69 Å². The van der Waals surface area contributed by atoms with Crippen LogP contribution in [-0.4, -0.2) is 17.9 Å². The Labute approximate surface area is 112 Å². The van der Waals surface area contributed by atoms with Crippen LogP contribution in [-0.2, 0) is 6.54 Å². The highest BCUT2D eigenvalue weighted by Gasteiger charge is 2.15. The molecule has 1 aromatic heterocycles. The zero-order valence-electron chi connectivity index (χ0n) is 11.1. The summed E-state index contributed by atoms with van der Waals surface area (Å²) in [6, 6.07) is 11.3. The minimum Gasteiger partial charge on any atom is -0.326 e. The lowest BCUT2D eigenvalue weighted by molar-refractivity contribution is 0.0988. The number of rotatable bonds is 3. The normalized spacial score (nSPS) is 10.3. The van der Waals surface area contributed by atoms with E-state index in [0.717, 1.165) is 16.8 Å². The zero-order valence-corrected chi connectivity index (χ0v) is 11.1. The van der Waals surface area contributed by atoms with Crippen LogP contribution >= 0.6 is 0 Å². The van der Waals surface area contributed by atoms with Crippen LogP contribution < -0.4 is 10.6 Å². The van der Waals surface area contributed by atoms with Gasteiger partial charge >= 0.3 is 0 Å². The third-order valence-electron chi connectivity index (χ3n) is 3.06. The number of nitrogens with two attached hydrogens (primary N) is 1. The Morgan fingerprint density at radius 2 is 2.00 bits per heavy atom. The average Bonchev–Trinajstić information content (AvgIpc) is 2.46. The first-order chi connectivity index (χ1) is 9.13. The molecular formula is C15H17N3O. The number of amides is 1. The molecule has 0 aliphatic rings. The SMILES string of the molecule is Cc1ccccc1N(C)C(=O)c1ccc(CN)cn1. The number of hydrogen-bond donors (Lipinski definition) is 1. The van der Waals surface area contributed by atoms with Gasteiger partial charge in [-0.3, -0.25) is 9.78 Å². The molecule has 0 spiro atoms. The van der Waals surface area contributed by atoms with Gasteiger partial charge in [-0.1, -0.05) is 24.3 Å². The fourth-order valence-electron chi connectivity index (χ4n) is 1.89. The molecule has 0 aliphatic carbocycles. The molecule has 1 heterocycles.